The van der Waals surface area contributed by atoms with Crippen molar-refractivity contribution in [2.45, 2.75) is 53.1 Å². The van der Waals surface area contributed by atoms with Crippen LogP contribution in [0.4, 0.5) is 0 Å². The molecule has 0 atom stereocenters. The van der Waals surface area contributed by atoms with E-state index in [4.69, 9.17) is 9.72 Å². The molecule has 0 aliphatic rings. The van der Waals surface area contributed by atoms with E-state index in [1.165, 1.54) is 0 Å². The number of rotatable bonds is 10. The van der Waals surface area contributed by atoms with E-state index in [9.17, 15) is 4.79 Å². The number of unbranched alkanes of at least 4 members (excludes halogenated alkanes) is 1. The fourth-order valence-corrected chi connectivity index (χ4v) is 3.59. The molecule has 0 radical (unpaired) electrons. The highest BCUT2D eigenvalue weighted by atomic mass is 16.5. The van der Waals surface area contributed by atoms with Gasteiger partial charge in [0.1, 0.15) is 11.6 Å². The van der Waals surface area contributed by atoms with Gasteiger partial charge in [0.05, 0.1) is 24.7 Å². The standard InChI is InChI=1S/C25H33N3O2/c1-5-6-15-28-23-13-8-7-12-22(23)26-24(28)18-27(16-14-19(2)3)25(29)20-10-9-11-21(17-20)30-4/h7-13,17,19H,5-6,14-16,18H2,1-4H3. The molecule has 0 saturated carbocycles. The minimum Gasteiger partial charge on any atom is -0.497 e. The zero-order chi connectivity index (χ0) is 21.5. The van der Waals surface area contributed by atoms with Crippen molar-refractivity contribution >= 4 is 16.9 Å². The van der Waals surface area contributed by atoms with Gasteiger partial charge in [-0.15, -0.1) is 0 Å². The number of carbonyl (C=O) groups is 1. The van der Waals surface area contributed by atoms with Gasteiger partial charge in [-0.3, -0.25) is 4.79 Å². The van der Waals surface area contributed by atoms with Crippen LogP contribution < -0.4 is 4.74 Å². The minimum atomic E-state index is 0.0173. The molecule has 0 unspecified atom stereocenters. The maximum atomic E-state index is 13.4. The average molecular weight is 408 g/mol. The van der Waals surface area contributed by atoms with E-state index in [2.05, 4.69) is 31.4 Å². The van der Waals surface area contributed by atoms with Crippen LogP contribution >= 0.6 is 0 Å². The van der Waals surface area contributed by atoms with Crippen LogP contribution in [0.1, 0.15) is 56.2 Å². The number of carbonyl (C=O) groups excluding carboxylic acids is 1. The van der Waals surface area contributed by atoms with Crippen molar-refractivity contribution in [1.82, 2.24) is 14.5 Å². The highest BCUT2D eigenvalue weighted by Crippen LogP contribution is 2.21. The van der Waals surface area contributed by atoms with Crippen LogP contribution in [-0.4, -0.2) is 34.0 Å². The Morgan fingerprint density at radius 1 is 1.17 bits per heavy atom. The van der Waals surface area contributed by atoms with Gasteiger partial charge in [0, 0.05) is 18.7 Å². The van der Waals surface area contributed by atoms with E-state index >= 15 is 0 Å². The fourth-order valence-electron chi connectivity index (χ4n) is 3.59. The Morgan fingerprint density at radius 2 is 1.97 bits per heavy atom. The summed E-state index contributed by atoms with van der Waals surface area (Å²) in [5.41, 5.74) is 2.77. The van der Waals surface area contributed by atoms with E-state index in [-0.39, 0.29) is 5.91 Å². The third-order valence-electron chi connectivity index (χ3n) is 5.38. The second kappa shape index (κ2) is 10.3. The number of imidazole rings is 1. The second-order valence-electron chi connectivity index (χ2n) is 8.16. The molecule has 2 aromatic carbocycles. The highest BCUT2D eigenvalue weighted by molar-refractivity contribution is 5.94. The van der Waals surface area contributed by atoms with Crippen molar-refractivity contribution in [3.63, 3.8) is 0 Å². The van der Waals surface area contributed by atoms with E-state index in [1.807, 2.05) is 47.4 Å². The Labute approximate surface area is 179 Å². The Bertz CT molecular complexity index is 977. The first-order valence-electron chi connectivity index (χ1n) is 10.9. The summed E-state index contributed by atoms with van der Waals surface area (Å²) in [5.74, 6) is 2.18. The van der Waals surface area contributed by atoms with E-state index < -0.39 is 0 Å². The van der Waals surface area contributed by atoms with Crippen LogP contribution in [-0.2, 0) is 13.1 Å². The largest absolute Gasteiger partial charge is 0.497 e. The average Bonchev–Trinajstić information content (AvgIpc) is 3.11. The van der Waals surface area contributed by atoms with Gasteiger partial charge in [0.25, 0.3) is 5.91 Å². The third-order valence-corrected chi connectivity index (χ3v) is 5.38. The molecule has 3 rings (SSSR count). The molecular weight excluding hydrogens is 374 g/mol. The zero-order valence-corrected chi connectivity index (χ0v) is 18.6. The Hall–Kier alpha value is -2.82. The number of benzene rings is 2. The molecule has 0 spiro atoms. The van der Waals surface area contributed by atoms with Gasteiger partial charge in [-0.25, -0.2) is 4.98 Å². The van der Waals surface area contributed by atoms with Crippen molar-refractivity contribution in [3.8, 4) is 5.75 Å². The minimum absolute atomic E-state index is 0.0173. The smallest absolute Gasteiger partial charge is 0.254 e. The van der Waals surface area contributed by atoms with Crippen LogP contribution in [0.2, 0.25) is 0 Å². The lowest BCUT2D eigenvalue weighted by atomic mass is 10.1. The molecule has 5 heteroatoms. The summed E-state index contributed by atoms with van der Waals surface area (Å²) in [7, 11) is 1.62. The number of para-hydroxylation sites is 2. The molecule has 1 amide bonds. The highest BCUT2D eigenvalue weighted by Gasteiger charge is 2.20. The summed E-state index contributed by atoms with van der Waals surface area (Å²) < 4.78 is 7.60. The van der Waals surface area contributed by atoms with Gasteiger partial charge in [-0.05, 0) is 49.1 Å². The fraction of sp³-hybridized carbons (Fsp3) is 0.440. The van der Waals surface area contributed by atoms with E-state index in [0.717, 1.165) is 42.7 Å². The number of nitrogens with zero attached hydrogens (tertiary/aromatic N) is 3. The normalized spacial score (nSPS) is 11.2. The molecule has 5 nitrogen and oxygen atoms in total. The number of fused-ring (bicyclic) bond motifs is 1. The van der Waals surface area contributed by atoms with Gasteiger partial charge < -0.3 is 14.2 Å². The van der Waals surface area contributed by atoms with Crippen molar-refractivity contribution < 1.29 is 9.53 Å². The van der Waals surface area contributed by atoms with Gasteiger partial charge >= 0.3 is 0 Å². The molecule has 0 aliphatic carbocycles. The number of hydrogen-bond acceptors (Lipinski definition) is 3. The molecule has 0 fully saturated rings. The molecule has 30 heavy (non-hydrogen) atoms. The van der Waals surface area contributed by atoms with Crippen LogP contribution in [0.25, 0.3) is 11.0 Å². The number of ether oxygens (including phenoxy) is 1. The maximum Gasteiger partial charge on any atom is 0.254 e. The lowest BCUT2D eigenvalue weighted by Crippen LogP contribution is -2.33. The van der Waals surface area contributed by atoms with E-state index in [0.29, 0.717) is 30.3 Å². The molecule has 0 N–H and O–H groups in total. The van der Waals surface area contributed by atoms with Crippen LogP contribution in [0.3, 0.4) is 0 Å². The van der Waals surface area contributed by atoms with Crippen molar-refractivity contribution in [2.75, 3.05) is 13.7 Å². The molecule has 0 saturated heterocycles. The first kappa shape index (κ1) is 21.9. The summed E-state index contributed by atoms with van der Waals surface area (Å²) in [4.78, 5) is 20.2. The molecule has 0 bridgehead atoms. The van der Waals surface area contributed by atoms with Gasteiger partial charge in [0.2, 0.25) is 0 Å². The summed E-state index contributed by atoms with van der Waals surface area (Å²) in [6, 6.07) is 15.6. The summed E-state index contributed by atoms with van der Waals surface area (Å²) in [6.45, 7) is 8.68. The quantitative estimate of drug-likeness (QED) is 0.444. The van der Waals surface area contributed by atoms with Crippen molar-refractivity contribution in [3.05, 3.63) is 59.9 Å². The Morgan fingerprint density at radius 3 is 2.70 bits per heavy atom. The SMILES string of the molecule is CCCCn1c(CN(CCC(C)C)C(=O)c2cccc(OC)c2)nc2ccccc21. The van der Waals surface area contributed by atoms with Gasteiger partial charge in [0.15, 0.2) is 0 Å². The lowest BCUT2D eigenvalue weighted by molar-refractivity contribution is 0.0729. The molecule has 160 valence electrons. The third kappa shape index (κ3) is 5.21. The van der Waals surface area contributed by atoms with Crippen LogP contribution in [0, 0.1) is 5.92 Å². The Kier molecular flexibility index (Phi) is 7.50. The molecular formula is C25H33N3O2. The van der Waals surface area contributed by atoms with Crippen molar-refractivity contribution in [1.29, 1.82) is 0 Å². The molecule has 1 aromatic heterocycles. The maximum absolute atomic E-state index is 13.4. The number of hydrogen-bond donors (Lipinski definition) is 0. The summed E-state index contributed by atoms with van der Waals surface area (Å²) >= 11 is 0. The number of amides is 1. The monoisotopic (exact) mass is 407 g/mol. The summed E-state index contributed by atoms with van der Waals surface area (Å²) in [6.07, 6.45) is 3.15. The number of methoxy groups -OCH3 is 1. The van der Waals surface area contributed by atoms with Crippen molar-refractivity contribution in [2.24, 2.45) is 5.92 Å². The summed E-state index contributed by atoms with van der Waals surface area (Å²) in [5, 5.41) is 0. The van der Waals surface area contributed by atoms with Gasteiger partial charge in [-0.1, -0.05) is 45.4 Å². The lowest BCUT2D eigenvalue weighted by Gasteiger charge is -2.24. The van der Waals surface area contributed by atoms with E-state index in [1.54, 1.807) is 7.11 Å². The first-order valence-corrected chi connectivity index (χ1v) is 10.9. The first-order chi connectivity index (χ1) is 14.5. The number of aryl methyl sites for hydroxylation is 1. The van der Waals surface area contributed by atoms with Crippen LogP contribution in [0.5, 0.6) is 5.75 Å². The van der Waals surface area contributed by atoms with Gasteiger partial charge in [-0.2, -0.15) is 0 Å². The van der Waals surface area contributed by atoms with Crippen LogP contribution in [0.15, 0.2) is 48.5 Å². The topological polar surface area (TPSA) is 47.4 Å². The predicted octanol–water partition coefficient (Wildman–Crippen LogP) is 5.53. The number of aromatic nitrogens is 2. The molecule has 1 heterocycles. The molecule has 0 aliphatic heterocycles. The predicted molar refractivity (Wildman–Crippen MR) is 122 cm³/mol. The zero-order valence-electron chi connectivity index (χ0n) is 18.6. The Balaban J connectivity index is 1.93. The second-order valence-corrected chi connectivity index (χ2v) is 8.16. The molecule has 3 aromatic rings.